The summed E-state index contributed by atoms with van der Waals surface area (Å²) in [5.74, 6) is 0.839. The van der Waals surface area contributed by atoms with E-state index < -0.39 is 0 Å². The summed E-state index contributed by atoms with van der Waals surface area (Å²) in [6, 6.07) is 10.4. The fourth-order valence-corrected chi connectivity index (χ4v) is 3.03. The number of rotatable bonds is 5. The molecule has 3 nitrogen and oxygen atoms in total. The van der Waals surface area contributed by atoms with Crippen molar-refractivity contribution in [2.75, 3.05) is 19.6 Å². The number of hydrogen-bond donors (Lipinski definition) is 1. The second-order valence-electron chi connectivity index (χ2n) is 6.41. The minimum Gasteiger partial charge on any atom is -0.339 e. The van der Waals surface area contributed by atoms with E-state index in [4.69, 9.17) is 0 Å². The van der Waals surface area contributed by atoms with E-state index in [9.17, 15) is 4.79 Å². The average molecular weight is 288 g/mol. The minimum absolute atomic E-state index is 0.0599. The first-order valence-corrected chi connectivity index (χ1v) is 8.15. The fourth-order valence-electron chi connectivity index (χ4n) is 3.03. The summed E-state index contributed by atoms with van der Waals surface area (Å²) in [6.45, 7) is 9.33. The summed E-state index contributed by atoms with van der Waals surface area (Å²) >= 11 is 0. The van der Waals surface area contributed by atoms with Gasteiger partial charge in [-0.1, -0.05) is 30.3 Å². The lowest BCUT2D eigenvalue weighted by Crippen LogP contribution is -2.44. The standard InChI is InChI=1S/C18H28N2O/c1-14(2)20(13-16-9-11-19-12-10-16)18(21)15(3)17-7-5-4-6-8-17/h4-8,14-16,19H,9-13H2,1-3H3. The molecule has 1 saturated heterocycles. The van der Waals surface area contributed by atoms with Gasteiger partial charge >= 0.3 is 0 Å². The summed E-state index contributed by atoms with van der Waals surface area (Å²) in [7, 11) is 0. The van der Waals surface area contributed by atoms with Gasteiger partial charge in [0.15, 0.2) is 0 Å². The Labute approximate surface area is 128 Å². The average Bonchev–Trinajstić information content (AvgIpc) is 2.53. The molecule has 1 aromatic rings. The van der Waals surface area contributed by atoms with Gasteiger partial charge in [0.1, 0.15) is 0 Å². The van der Waals surface area contributed by atoms with Crippen molar-refractivity contribution in [3.63, 3.8) is 0 Å². The molecular formula is C18H28N2O. The number of nitrogens with one attached hydrogen (secondary N) is 1. The zero-order valence-corrected chi connectivity index (χ0v) is 13.5. The van der Waals surface area contributed by atoms with Gasteiger partial charge in [-0.15, -0.1) is 0 Å². The van der Waals surface area contributed by atoms with Gasteiger partial charge < -0.3 is 10.2 Å². The zero-order chi connectivity index (χ0) is 15.2. The molecule has 0 aromatic heterocycles. The molecule has 1 aliphatic heterocycles. The lowest BCUT2D eigenvalue weighted by Gasteiger charge is -2.34. The Morgan fingerprint density at radius 2 is 1.81 bits per heavy atom. The molecule has 21 heavy (non-hydrogen) atoms. The quantitative estimate of drug-likeness (QED) is 0.903. The van der Waals surface area contributed by atoms with E-state index in [1.165, 1.54) is 12.8 Å². The monoisotopic (exact) mass is 288 g/mol. The minimum atomic E-state index is -0.0599. The second-order valence-corrected chi connectivity index (χ2v) is 6.41. The van der Waals surface area contributed by atoms with Crippen LogP contribution in [-0.2, 0) is 4.79 Å². The van der Waals surface area contributed by atoms with Crippen LogP contribution in [0.2, 0.25) is 0 Å². The molecule has 116 valence electrons. The first kappa shape index (κ1) is 16.0. The third-order valence-electron chi connectivity index (χ3n) is 4.49. The number of carbonyl (C=O) groups excluding carboxylic acids is 1. The predicted molar refractivity (Wildman–Crippen MR) is 87.3 cm³/mol. The highest BCUT2D eigenvalue weighted by Gasteiger charge is 2.26. The number of benzene rings is 1. The van der Waals surface area contributed by atoms with Crippen molar-refractivity contribution in [3.8, 4) is 0 Å². The van der Waals surface area contributed by atoms with E-state index in [-0.39, 0.29) is 17.9 Å². The van der Waals surface area contributed by atoms with E-state index in [1.54, 1.807) is 0 Å². The normalized spacial score (nSPS) is 17.7. The molecule has 1 aromatic carbocycles. The fraction of sp³-hybridized carbons (Fsp3) is 0.611. The van der Waals surface area contributed by atoms with Gasteiger partial charge in [-0.25, -0.2) is 0 Å². The SMILES string of the molecule is CC(C(=O)N(CC1CCNCC1)C(C)C)c1ccccc1. The predicted octanol–water partition coefficient (Wildman–Crippen LogP) is 3.03. The van der Waals surface area contributed by atoms with Crippen molar-refractivity contribution >= 4 is 5.91 Å². The number of amides is 1. The molecule has 1 amide bonds. The van der Waals surface area contributed by atoms with Crippen molar-refractivity contribution in [2.24, 2.45) is 5.92 Å². The smallest absolute Gasteiger partial charge is 0.230 e. The van der Waals surface area contributed by atoms with E-state index >= 15 is 0 Å². The van der Waals surface area contributed by atoms with Crippen molar-refractivity contribution in [1.82, 2.24) is 10.2 Å². The van der Waals surface area contributed by atoms with Gasteiger partial charge in [0, 0.05) is 12.6 Å². The summed E-state index contributed by atoms with van der Waals surface area (Å²) in [6.07, 6.45) is 2.35. The molecule has 1 unspecified atom stereocenters. The first-order chi connectivity index (χ1) is 10.1. The van der Waals surface area contributed by atoms with Crippen LogP contribution in [0.4, 0.5) is 0 Å². The van der Waals surface area contributed by atoms with Gasteiger partial charge in [0.25, 0.3) is 0 Å². The van der Waals surface area contributed by atoms with Gasteiger partial charge in [-0.2, -0.15) is 0 Å². The summed E-state index contributed by atoms with van der Waals surface area (Å²) in [5.41, 5.74) is 1.11. The van der Waals surface area contributed by atoms with Crippen molar-refractivity contribution < 1.29 is 4.79 Å². The molecule has 1 N–H and O–H groups in total. The molecule has 0 saturated carbocycles. The maximum atomic E-state index is 12.9. The molecule has 0 spiro atoms. The van der Waals surface area contributed by atoms with Gasteiger partial charge in [-0.05, 0) is 58.2 Å². The third-order valence-corrected chi connectivity index (χ3v) is 4.49. The molecule has 1 aliphatic rings. The molecular weight excluding hydrogens is 260 g/mol. The van der Waals surface area contributed by atoms with E-state index in [0.29, 0.717) is 5.92 Å². The van der Waals surface area contributed by atoms with Crippen LogP contribution >= 0.6 is 0 Å². The highest BCUT2D eigenvalue weighted by molar-refractivity contribution is 5.83. The third kappa shape index (κ3) is 4.31. The van der Waals surface area contributed by atoms with E-state index in [0.717, 1.165) is 25.2 Å². The van der Waals surface area contributed by atoms with E-state index in [2.05, 4.69) is 24.1 Å². The molecule has 1 atom stereocenters. The van der Waals surface area contributed by atoms with Gasteiger partial charge in [0.05, 0.1) is 5.92 Å². The molecule has 0 aliphatic carbocycles. The Morgan fingerprint density at radius 3 is 2.38 bits per heavy atom. The molecule has 0 bridgehead atoms. The lowest BCUT2D eigenvalue weighted by molar-refractivity contribution is -0.135. The van der Waals surface area contributed by atoms with Crippen LogP contribution < -0.4 is 5.32 Å². The van der Waals surface area contributed by atoms with Crippen LogP contribution in [0.15, 0.2) is 30.3 Å². The maximum absolute atomic E-state index is 12.9. The molecule has 0 radical (unpaired) electrons. The highest BCUT2D eigenvalue weighted by Crippen LogP contribution is 2.22. The lowest BCUT2D eigenvalue weighted by atomic mass is 9.94. The number of nitrogens with zero attached hydrogens (tertiary/aromatic N) is 1. The summed E-state index contributed by atoms with van der Waals surface area (Å²) in [4.78, 5) is 14.9. The van der Waals surface area contributed by atoms with Crippen LogP contribution in [0.5, 0.6) is 0 Å². The first-order valence-electron chi connectivity index (χ1n) is 8.15. The van der Waals surface area contributed by atoms with Crippen LogP contribution in [0, 0.1) is 5.92 Å². The Hall–Kier alpha value is -1.35. The van der Waals surface area contributed by atoms with Crippen molar-refractivity contribution in [1.29, 1.82) is 0 Å². The van der Waals surface area contributed by atoms with Crippen molar-refractivity contribution in [2.45, 2.75) is 45.6 Å². The van der Waals surface area contributed by atoms with Crippen LogP contribution in [0.1, 0.15) is 45.1 Å². The van der Waals surface area contributed by atoms with E-state index in [1.807, 2.05) is 37.3 Å². The Bertz CT molecular complexity index is 438. The number of carbonyl (C=O) groups is 1. The zero-order valence-electron chi connectivity index (χ0n) is 13.5. The second kappa shape index (κ2) is 7.60. The molecule has 3 heteroatoms. The van der Waals surface area contributed by atoms with Gasteiger partial charge in [0.2, 0.25) is 5.91 Å². The van der Waals surface area contributed by atoms with Crippen LogP contribution in [-0.4, -0.2) is 36.5 Å². The highest BCUT2D eigenvalue weighted by atomic mass is 16.2. The Kier molecular flexibility index (Phi) is 5.80. The number of hydrogen-bond acceptors (Lipinski definition) is 2. The van der Waals surface area contributed by atoms with Crippen LogP contribution in [0.25, 0.3) is 0 Å². The molecule has 1 heterocycles. The van der Waals surface area contributed by atoms with Crippen LogP contribution in [0.3, 0.4) is 0 Å². The van der Waals surface area contributed by atoms with Crippen molar-refractivity contribution in [3.05, 3.63) is 35.9 Å². The topological polar surface area (TPSA) is 32.3 Å². The largest absolute Gasteiger partial charge is 0.339 e. The van der Waals surface area contributed by atoms with Gasteiger partial charge in [-0.3, -0.25) is 4.79 Å². The summed E-state index contributed by atoms with van der Waals surface area (Å²) in [5, 5.41) is 3.39. The molecule has 2 rings (SSSR count). The molecule has 1 fully saturated rings. The maximum Gasteiger partial charge on any atom is 0.230 e. The Balaban J connectivity index is 2.04. The summed E-state index contributed by atoms with van der Waals surface area (Å²) < 4.78 is 0. The Morgan fingerprint density at radius 1 is 1.19 bits per heavy atom. The number of piperidine rings is 1.